The number of carboxylic acids is 1. The highest BCUT2D eigenvalue weighted by molar-refractivity contribution is 8.03. The predicted octanol–water partition coefficient (Wildman–Crippen LogP) is -0.432. The molecule has 1 unspecified atom stereocenters. The maximum absolute atomic E-state index is 13.0. The maximum Gasteiger partial charge on any atom is 0.353 e. The van der Waals surface area contributed by atoms with Gasteiger partial charge in [0.15, 0.2) is 0 Å². The highest BCUT2D eigenvalue weighted by Gasteiger charge is 2.60. The zero-order valence-electron chi connectivity index (χ0n) is 19.5. The van der Waals surface area contributed by atoms with Crippen LogP contribution in [0, 0.1) is 11.8 Å². The van der Waals surface area contributed by atoms with Crippen LogP contribution in [0.1, 0.15) is 33.1 Å². The SMILES string of the molecule is CC(NC(=O)[C@H]1CCCN1)[C@H]1C(=O)N2C(C(=O)O)=C(S[C@@H]3CN[C@H](C(=O)N(C)C)C3)[C@H](C)[C@H]12. The molecule has 0 radical (unpaired) electrons. The molecule has 182 valence electrons. The summed E-state index contributed by atoms with van der Waals surface area (Å²) in [7, 11) is 3.43. The van der Waals surface area contributed by atoms with Crippen LogP contribution in [0.4, 0.5) is 0 Å². The van der Waals surface area contributed by atoms with Crippen LogP contribution in [0.3, 0.4) is 0 Å². The van der Waals surface area contributed by atoms with Gasteiger partial charge in [0.25, 0.3) is 0 Å². The lowest BCUT2D eigenvalue weighted by atomic mass is 9.78. The van der Waals surface area contributed by atoms with Crippen LogP contribution < -0.4 is 16.0 Å². The number of rotatable bonds is 7. The molecule has 33 heavy (non-hydrogen) atoms. The lowest BCUT2D eigenvalue weighted by molar-refractivity contribution is -0.158. The summed E-state index contributed by atoms with van der Waals surface area (Å²) in [6.45, 7) is 5.18. The van der Waals surface area contributed by atoms with Crippen molar-refractivity contribution in [3.8, 4) is 0 Å². The molecule has 0 spiro atoms. The topological polar surface area (TPSA) is 131 Å². The molecule has 3 fully saturated rings. The van der Waals surface area contributed by atoms with Crippen LogP contribution in [0.25, 0.3) is 0 Å². The molecule has 0 aromatic rings. The number of hydrogen-bond acceptors (Lipinski definition) is 7. The first-order chi connectivity index (χ1) is 15.6. The van der Waals surface area contributed by atoms with E-state index in [2.05, 4.69) is 16.0 Å². The van der Waals surface area contributed by atoms with Crippen molar-refractivity contribution in [2.45, 2.75) is 62.5 Å². The van der Waals surface area contributed by atoms with E-state index in [4.69, 9.17) is 0 Å². The number of amides is 3. The number of aliphatic carboxylic acids is 1. The van der Waals surface area contributed by atoms with Gasteiger partial charge < -0.3 is 30.9 Å². The van der Waals surface area contributed by atoms with Crippen molar-refractivity contribution in [1.29, 1.82) is 0 Å². The van der Waals surface area contributed by atoms with Crippen LogP contribution in [0.5, 0.6) is 0 Å². The Kier molecular flexibility index (Phi) is 6.75. The van der Waals surface area contributed by atoms with E-state index < -0.39 is 11.9 Å². The van der Waals surface area contributed by atoms with Gasteiger partial charge in [-0.25, -0.2) is 4.79 Å². The average molecular weight is 480 g/mol. The summed E-state index contributed by atoms with van der Waals surface area (Å²) in [5.74, 6) is -2.08. The fourth-order valence-electron chi connectivity index (χ4n) is 5.49. The van der Waals surface area contributed by atoms with Gasteiger partial charge in [-0.1, -0.05) is 6.92 Å². The van der Waals surface area contributed by atoms with Gasteiger partial charge in [0.05, 0.1) is 24.0 Å². The summed E-state index contributed by atoms with van der Waals surface area (Å²) < 4.78 is 0. The van der Waals surface area contributed by atoms with E-state index in [0.29, 0.717) is 17.9 Å². The van der Waals surface area contributed by atoms with Gasteiger partial charge in [-0.05, 0) is 32.7 Å². The van der Waals surface area contributed by atoms with Crippen molar-refractivity contribution in [3.05, 3.63) is 10.6 Å². The number of fused-ring (bicyclic) bond motifs is 1. The second-order valence-electron chi connectivity index (χ2n) is 9.65. The molecular weight excluding hydrogens is 446 g/mol. The van der Waals surface area contributed by atoms with Crippen molar-refractivity contribution in [3.63, 3.8) is 0 Å². The quantitative estimate of drug-likeness (QED) is 0.362. The Morgan fingerprint density at radius 3 is 2.58 bits per heavy atom. The first kappa shape index (κ1) is 24.0. The molecule has 0 saturated carbocycles. The van der Waals surface area contributed by atoms with Gasteiger partial charge in [-0.15, -0.1) is 11.8 Å². The van der Waals surface area contributed by atoms with E-state index in [0.717, 1.165) is 19.4 Å². The lowest BCUT2D eigenvalue weighted by Crippen LogP contribution is -2.66. The van der Waals surface area contributed by atoms with Crippen LogP contribution in [0.15, 0.2) is 10.6 Å². The molecular formula is C22H33N5O5S. The molecule has 3 saturated heterocycles. The molecule has 11 heteroatoms. The number of nitrogens with zero attached hydrogens (tertiary/aromatic N) is 2. The number of hydrogen-bond donors (Lipinski definition) is 4. The second-order valence-corrected chi connectivity index (χ2v) is 11.0. The molecule has 4 aliphatic heterocycles. The number of carbonyl (C=O) groups excluding carboxylic acids is 3. The lowest BCUT2D eigenvalue weighted by Gasteiger charge is -2.47. The van der Waals surface area contributed by atoms with Crippen LogP contribution in [-0.2, 0) is 19.2 Å². The minimum absolute atomic E-state index is 0.00499. The number of β-lactam (4-membered cyclic amide) rings is 1. The molecule has 0 aliphatic carbocycles. The number of thioether (sulfide) groups is 1. The van der Waals surface area contributed by atoms with Crippen molar-refractivity contribution in [1.82, 2.24) is 25.8 Å². The van der Waals surface area contributed by atoms with E-state index in [9.17, 15) is 24.3 Å². The third-order valence-electron chi connectivity index (χ3n) is 7.20. The molecule has 7 atom stereocenters. The molecule has 0 aromatic heterocycles. The highest BCUT2D eigenvalue weighted by Crippen LogP contribution is 2.51. The van der Waals surface area contributed by atoms with Gasteiger partial charge in [0.1, 0.15) is 5.70 Å². The molecule has 4 heterocycles. The van der Waals surface area contributed by atoms with E-state index in [1.165, 1.54) is 16.7 Å². The molecule has 0 bridgehead atoms. The third kappa shape index (κ3) is 4.26. The molecule has 4 N–H and O–H groups in total. The number of carboxylic acid groups (broad SMARTS) is 1. The summed E-state index contributed by atoms with van der Waals surface area (Å²) in [4.78, 5) is 53.6. The zero-order chi connectivity index (χ0) is 24.0. The monoisotopic (exact) mass is 479 g/mol. The Labute approximate surface area is 197 Å². The highest BCUT2D eigenvalue weighted by atomic mass is 32.2. The molecule has 10 nitrogen and oxygen atoms in total. The van der Waals surface area contributed by atoms with Crippen LogP contribution >= 0.6 is 11.8 Å². The van der Waals surface area contributed by atoms with Gasteiger partial charge >= 0.3 is 5.97 Å². The first-order valence-corrected chi connectivity index (χ1v) is 12.4. The van der Waals surface area contributed by atoms with Crippen molar-refractivity contribution in [2.75, 3.05) is 27.2 Å². The van der Waals surface area contributed by atoms with E-state index in [1.807, 2.05) is 13.8 Å². The third-order valence-corrected chi connectivity index (χ3v) is 8.71. The second kappa shape index (κ2) is 9.27. The Morgan fingerprint density at radius 1 is 1.24 bits per heavy atom. The minimum Gasteiger partial charge on any atom is -0.477 e. The maximum atomic E-state index is 13.0. The zero-order valence-corrected chi connectivity index (χ0v) is 20.3. The van der Waals surface area contributed by atoms with Crippen LogP contribution in [-0.4, -0.2) is 95.2 Å². The van der Waals surface area contributed by atoms with Crippen molar-refractivity contribution in [2.24, 2.45) is 11.8 Å². The normalized spacial score (nSPS) is 34.2. The van der Waals surface area contributed by atoms with Crippen molar-refractivity contribution < 1.29 is 24.3 Å². The summed E-state index contributed by atoms with van der Waals surface area (Å²) in [5, 5.41) is 19.3. The fraction of sp³-hybridized carbons (Fsp3) is 0.727. The smallest absolute Gasteiger partial charge is 0.353 e. The number of likely N-dealkylation sites (N-methyl/N-ethyl adjacent to an activating group) is 1. The Hall–Kier alpha value is -2.11. The van der Waals surface area contributed by atoms with E-state index >= 15 is 0 Å². The molecule has 4 rings (SSSR count). The van der Waals surface area contributed by atoms with Crippen molar-refractivity contribution >= 4 is 35.5 Å². The molecule has 0 aromatic carbocycles. The van der Waals surface area contributed by atoms with Gasteiger partial charge in [0, 0.05) is 42.8 Å². The fourth-order valence-corrected chi connectivity index (χ4v) is 6.97. The summed E-state index contributed by atoms with van der Waals surface area (Å²) in [6, 6.07) is -1.18. The molecule has 3 amide bonds. The summed E-state index contributed by atoms with van der Waals surface area (Å²) in [6.07, 6.45) is 2.33. The number of nitrogens with one attached hydrogen (secondary N) is 3. The summed E-state index contributed by atoms with van der Waals surface area (Å²) >= 11 is 1.46. The van der Waals surface area contributed by atoms with Gasteiger partial charge in [-0.2, -0.15) is 0 Å². The largest absolute Gasteiger partial charge is 0.477 e. The minimum atomic E-state index is -1.11. The van der Waals surface area contributed by atoms with Gasteiger partial charge in [0.2, 0.25) is 17.7 Å². The first-order valence-electron chi connectivity index (χ1n) is 11.6. The van der Waals surface area contributed by atoms with E-state index in [-0.39, 0.29) is 58.8 Å². The standard InChI is InChI=1S/C22H33N5O5S/c1-10-16-15(11(2)25-19(28)13-6-5-7-23-13)21(30)27(16)17(22(31)32)18(10)33-12-8-14(24-9-12)20(29)26(3)4/h10-16,23-24H,5-9H2,1-4H3,(H,25,28)(H,31,32)/t10-,11?,12+,13-,14+,15-,16-/m1/s1. The van der Waals surface area contributed by atoms with E-state index in [1.54, 1.807) is 19.0 Å². The Morgan fingerprint density at radius 2 is 1.97 bits per heavy atom. The Bertz CT molecular complexity index is 886. The predicted molar refractivity (Wildman–Crippen MR) is 123 cm³/mol. The van der Waals surface area contributed by atoms with Gasteiger partial charge in [-0.3, -0.25) is 14.4 Å². The average Bonchev–Trinajstić information content (AvgIpc) is 3.48. The summed E-state index contributed by atoms with van der Waals surface area (Å²) in [5.41, 5.74) is 0.0529. The number of carbonyl (C=O) groups is 4. The van der Waals surface area contributed by atoms with Crippen LogP contribution in [0.2, 0.25) is 0 Å². The molecule has 4 aliphatic rings. The Balaban J connectivity index is 1.45.